The Balaban J connectivity index is 2.09. The number of nitrogens with zero attached hydrogens (tertiary/aromatic N) is 2. The van der Waals surface area contributed by atoms with E-state index < -0.39 is 10.0 Å². The van der Waals surface area contributed by atoms with Gasteiger partial charge in [0.05, 0.1) is 0 Å². The minimum Gasteiger partial charge on any atom is -0.381 e. The van der Waals surface area contributed by atoms with E-state index in [1.54, 1.807) is 7.05 Å². The summed E-state index contributed by atoms with van der Waals surface area (Å²) in [4.78, 5) is 0.0693. The number of rotatable bonds is 3. The maximum Gasteiger partial charge on any atom is 0.246 e. The average molecular weight is 286 g/mol. The molecule has 1 aromatic heterocycles. The zero-order valence-electron chi connectivity index (χ0n) is 11.7. The van der Waals surface area contributed by atoms with Crippen molar-refractivity contribution >= 4 is 15.8 Å². The number of hydrogen-bond acceptors (Lipinski definition) is 4. The standard InChI is InChI=1S/C12H22N4O2S/c1-12(2)6-4-9(5-7-12)15-19(17,18)10-8-16(3)14-11(10)13/h8-9,15H,4-7H2,1-3H3,(H2,13,14). The van der Waals surface area contributed by atoms with Gasteiger partial charge in [-0.2, -0.15) is 5.10 Å². The number of nitrogens with one attached hydrogen (secondary N) is 1. The number of nitrogen functional groups attached to an aromatic ring is 1. The lowest BCUT2D eigenvalue weighted by Crippen LogP contribution is -2.39. The van der Waals surface area contributed by atoms with Gasteiger partial charge in [0.25, 0.3) is 0 Å². The highest BCUT2D eigenvalue weighted by Crippen LogP contribution is 2.35. The summed E-state index contributed by atoms with van der Waals surface area (Å²) >= 11 is 0. The van der Waals surface area contributed by atoms with E-state index in [2.05, 4.69) is 23.7 Å². The molecule has 2 rings (SSSR count). The first-order chi connectivity index (χ1) is 8.70. The molecule has 108 valence electrons. The van der Waals surface area contributed by atoms with Gasteiger partial charge in [0.2, 0.25) is 10.0 Å². The molecule has 1 saturated carbocycles. The quantitative estimate of drug-likeness (QED) is 0.875. The number of sulfonamides is 1. The summed E-state index contributed by atoms with van der Waals surface area (Å²) < 4.78 is 28.7. The van der Waals surface area contributed by atoms with Gasteiger partial charge in [-0.1, -0.05) is 13.8 Å². The monoisotopic (exact) mass is 286 g/mol. The van der Waals surface area contributed by atoms with Gasteiger partial charge in [0, 0.05) is 19.3 Å². The molecule has 0 radical (unpaired) electrons. The molecule has 7 heteroatoms. The maximum atomic E-state index is 12.3. The second-order valence-electron chi connectivity index (χ2n) is 6.11. The molecule has 0 spiro atoms. The van der Waals surface area contributed by atoms with Gasteiger partial charge >= 0.3 is 0 Å². The van der Waals surface area contributed by atoms with E-state index in [-0.39, 0.29) is 16.8 Å². The molecule has 19 heavy (non-hydrogen) atoms. The highest BCUT2D eigenvalue weighted by atomic mass is 32.2. The van der Waals surface area contributed by atoms with E-state index >= 15 is 0 Å². The fourth-order valence-corrected chi connectivity index (χ4v) is 3.90. The largest absolute Gasteiger partial charge is 0.381 e. The van der Waals surface area contributed by atoms with E-state index in [1.807, 2.05) is 0 Å². The van der Waals surface area contributed by atoms with Gasteiger partial charge in [-0.15, -0.1) is 0 Å². The SMILES string of the molecule is Cn1cc(S(=O)(=O)NC2CCC(C)(C)CC2)c(N)n1. The summed E-state index contributed by atoms with van der Waals surface area (Å²) in [5.41, 5.74) is 5.94. The minimum absolute atomic E-state index is 0.00219. The predicted octanol–water partition coefficient (Wildman–Crippen LogP) is 1.25. The third kappa shape index (κ3) is 3.27. The van der Waals surface area contributed by atoms with Gasteiger partial charge in [-0.05, 0) is 31.1 Å². The lowest BCUT2D eigenvalue weighted by Gasteiger charge is -2.34. The van der Waals surface area contributed by atoms with Gasteiger partial charge in [-0.3, -0.25) is 4.68 Å². The fourth-order valence-electron chi connectivity index (χ4n) is 2.49. The van der Waals surface area contributed by atoms with Crippen molar-refractivity contribution in [3.05, 3.63) is 6.20 Å². The molecule has 0 aliphatic heterocycles. The second-order valence-corrected chi connectivity index (χ2v) is 7.79. The maximum absolute atomic E-state index is 12.3. The lowest BCUT2D eigenvalue weighted by molar-refractivity contribution is 0.218. The van der Waals surface area contributed by atoms with Gasteiger partial charge < -0.3 is 5.73 Å². The Morgan fingerprint density at radius 1 is 1.42 bits per heavy atom. The lowest BCUT2D eigenvalue weighted by atomic mass is 9.76. The molecule has 1 fully saturated rings. The smallest absolute Gasteiger partial charge is 0.246 e. The van der Waals surface area contributed by atoms with Crippen LogP contribution in [0.4, 0.5) is 5.82 Å². The van der Waals surface area contributed by atoms with Crippen LogP contribution >= 0.6 is 0 Å². The number of aromatic nitrogens is 2. The summed E-state index contributed by atoms with van der Waals surface area (Å²) in [5, 5.41) is 3.87. The van der Waals surface area contributed by atoms with Crippen molar-refractivity contribution in [1.82, 2.24) is 14.5 Å². The first-order valence-corrected chi connectivity index (χ1v) is 7.99. The fraction of sp³-hybridized carbons (Fsp3) is 0.750. The van der Waals surface area contributed by atoms with E-state index in [0.29, 0.717) is 5.41 Å². The van der Waals surface area contributed by atoms with Crippen molar-refractivity contribution in [2.24, 2.45) is 12.5 Å². The number of hydrogen-bond donors (Lipinski definition) is 2. The van der Waals surface area contributed by atoms with Crippen molar-refractivity contribution in [3.63, 3.8) is 0 Å². The molecule has 6 nitrogen and oxygen atoms in total. The Bertz CT molecular complexity index is 552. The first kappa shape index (κ1) is 14.3. The summed E-state index contributed by atoms with van der Waals surface area (Å²) in [5.74, 6) is 0.0474. The third-order valence-corrected chi connectivity index (χ3v) is 5.31. The van der Waals surface area contributed by atoms with Gasteiger partial charge in [0.1, 0.15) is 4.90 Å². The van der Waals surface area contributed by atoms with Crippen molar-refractivity contribution in [2.45, 2.75) is 50.5 Å². The number of aryl methyl sites for hydroxylation is 1. The van der Waals surface area contributed by atoms with Crippen LogP contribution in [0.15, 0.2) is 11.1 Å². The Kier molecular flexibility index (Phi) is 3.61. The zero-order valence-corrected chi connectivity index (χ0v) is 12.5. The molecule has 1 aromatic rings. The molecule has 0 atom stereocenters. The van der Waals surface area contributed by atoms with Crippen LogP contribution in [0.2, 0.25) is 0 Å². The van der Waals surface area contributed by atoms with Crippen molar-refractivity contribution in [2.75, 3.05) is 5.73 Å². The van der Waals surface area contributed by atoms with Crippen LogP contribution in [0.5, 0.6) is 0 Å². The molecule has 0 bridgehead atoms. The molecule has 1 aliphatic carbocycles. The Morgan fingerprint density at radius 3 is 2.47 bits per heavy atom. The Labute approximate surface area is 114 Å². The molecule has 1 aliphatic rings. The molecular formula is C12H22N4O2S. The second kappa shape index (κ2) is 4.79. The Morgan fingerprint density at radius 2 is 2.00 bits per heavy atom. The topological polar surface area (TPSA) is 90.0 Å². The Hall–Kier alpha value is -1.08. The summed E-state index contributed by atoms with van der Waals surface area (Å²) in [6.07, 6.45) is 5.23. The highest BCUT2D eigenvalue weighted by Gasteiger charge is 2.30. The number of nitrogens with two attached hydrogens (primary N) is 1. The van der Waals surface area contributed by atoms with Crippen LogP contribution < -0.4 is 10.5 Å². The summed E-state index contributed by atoms with van der Waals surface area (Å²) in [6.45, 7) is 4.44. The van der Waals surface area contributed by atoms with Crippen LogP contribution in [-0.4, -0.2) is 24.2 Å². The van der Waals surface area contributed by atoms with E-state index in [4.69, 9.17) is 5.73 Å². The van der Waals surface area contributed by atoms with E-state index in [1.165, 1.54) is 10.9 Å². The molecule has 0 amide bonds. The molecular weight excluding hydrogens is 264 g/mol. The van der Waals surface area contributed by atoms with Crippen LogP contribution in [0, 0.1) is 5.41 Å². The molecule has 1 heterocycles. The van der Waals surface area contributed by atoms with Crippen LogP contribution in [0.3, 0.4) is 0 Å². The minimum atomic E-state index is -3.57. The van der Waals surface area contributed by atoms with E-state index in [9.17, 15) is 8.42 Å². The first-order valence-electron chi connectivity index (χ1n) is 6.51. The van der Waals surface area contributed by atoms with Gasteiger partial charge in [0.15, 0.2) is 5.82 Å². The van der Waals surface area contributed by atoms with Crippen molar-refractivity contribution < 1.29 is 8.42 Å². The van der Waals surface area contributed by atoms with Crippen molar-refractivity contribution in [3.8, 4) is 0 Å². The third-order valence-electron chi connectivity index (χ3n) is 3.77. The van der Waals surface area contributed by atoms with Crippen molar-refractivity contribution in [1.29, 1.82) is 0 Å². The zero-order chi connectivity index (χ0) is 14.3. The van der Waals surface area contributed by atoms with E-state index in [0.717, 1.165) is 25.7 Å². The average Bonchev–Trinajstić information content (AvgIpc) is 2.62. The van der Waals surface area contributed by atoms with Crippen LogP contribution in [0.1, 0.15) is 39.5 Å². The van der Waals surface area contributed by atoms with Gasteiger partial charge in [-0.25, -0.2) is 13.1 Å². The predicted molar refractivity (Wildman–Crippen MR) is 74.0 cm³/mol. The highest BCUT2D eigenvalue weighted by molar-refractivity contribution is 7.89. The van der Waals surface area contributed by atoms with Crippen LogP contribution in [0.25, 0.3) is 0 Å². The molecule has 0 saturated heterocycles. The molecule has 3 N–H and O–H groups in total. The normalized spacial score (nSPS) is 20.6. The molecule has 0 unspecified atom stereocenters. The summed E-state index contributed by atoms with van der Waals surface area (Å²) in [6, 6.07) is -0.00219. The number of anilines is 1. The molecule has 0 aromatic carbocycles. The summed E-state index contributed by atoms with van der Waals surface area (Å²) in [7, 11) is -1.91. The van der Waals surface area contributed by atoms with Crippen LogP contribution in [-0.2, 0) is 17.1 Å².